The Balaban J connectivity index is 1.94. The highest BCUT2D eigenvalue weighted by Crippen LogP contribution is 2.42. The van der Waals surface area contributed by atoms with Gasteiger partial charge in [-0.1, -0.05) is 6.92 Å². The second-order valence-corrected chi connectivity index (χ2v) is 7.91. The molecule has 0 aromatic carbocycles. The van der Waals surface area contributed by atoms with Crippen molar-refractivity contribution in [2.45, 2.75) is 25.5 Å². The van der Waals surface area contributed by atoms with Gasteiger partial charge in [0.05, 0.1) is 5.56 Å². The highest BCUT2D eigenvalue weighted by Gasteiger charge is 2.26. The first-order valence-corrected chi connectivity index (χ1v) is 9.43. The molecule has 1 aliphatic rings. The molecule has 0 aliphatic carbocycles. The van der Waals surface area contributed by atoms with Crippen molar-refractivity contribution in [3.63, 3.8) is 0 Å². The summed E-state index contributed by atoms with van der Waals surface area (Å²) in [5, 5.41) is 4.96. The molecule has 1 saturated heterocycles. The summed E-state index contributed by atoms with van der Waals surface area (Å²) >= 11 is 5.23. The lowest BCUT2D eigenvalue weighted by Gasteiger charge is -2.32. The summed E-state index contributed by atoms with van der Waals surface area (Å²) < 4.78 is 4.37. The van der Waals surface area contributed by atoms with Crippen molar-refractivity contribution >= 4 is 45.5 Å². The average molecular weight is 327 g/mol. The van der Waals surface area contributed by atoms with Gasteiger partial charge in [-0.05, 0) is 24.9 Å². The molecule has 3 heterocycles. The molecule has 0 saturated carbocycles. The molecular formula is C13H18N4S3. The number of thioether (sulfide) groups is 1. The zero-order valence-electron chi connectivity index (χ0n) is 11.6. The van der Waals surface area contributed by atoms with Crippen molar-refractivity contribution in [2.75, 3.05) is 29.5 Å². The lowest BCUT2D eigenvalue weighted by Crippen LogP contribution is -2.37. The predicted octanol–water partition coefficient (Wildman–Crippen LogP) is 3.49. The number of aromatic nitrogens is 2. The van der Waals surface area contributed by atoms with Gasteiger partial charge in [0.2, 0.25) is 0 Å². The van der Waals surface area contributed by atoms with Crippen LogP contribution in [0.1, 0.15) is 19.0 Å². The number of aryl methyl sites for hydroxylation is 1. The first-order chi connectivity index (χ1) is 9.69. The van der Waals surface area contributed by atoms with Gasteiger partial charge in [0.1, 0.15) is 15.8 Å². The van der Waals surface area contributed by atoms with Gasteiger partial charge >= 0.3 is 0 Å². The van der Waals surface area contributed by atoms with Gasteiger partial charge < -0.3 is 10.6 Å². The Labute approximate surface area is 131 Å². The highest BCUT2D eigenvalue weighted by molar-refractivity contribution is 8.00. The molecule has 108 valence electrons. The molecule has 4 nitrogen and oxygen atoms in total. The van der Waals surface area contributed by atoms with E-state index in [0.29, 0.717) is 11.1 Å². The summed E-state index contributed by atoms with van der Waals surface area (Å²) in [6.07, 6.45) is 1.21. The van der Waals surface area contributed by atoms with Gasteiger partial charge in [-0.15, -0.1) is 11.3 Å². The maximum absolute atomic E-state index is 6.09. The summed E-state index contributed by atoms with van der Waals surface area (Å²) in [6.45, 7) is 6.42. The zero-order valence-corrected chi connectivity index (χ0v) is 14.1. The molecular weight excluding hydrogens is 308 g/mol. The molecule has 1 atom stereocenters. The van der Waals surface area contributed by atoms with Crippen LogP contribution in [0.4, 0.5) is 10.8 Å². The SMILES string of the molecule is CCC1CN(c2snc(N)c2-c2nc(C)cs2)CCS1. The lowest BCUT2D eigenvalue weighted by molar-refractivity contribution is 0.733. The molecule has 2 aromatic rings. The number of anilines is 2. The fourth-order valence-electron chi connectivity index (χ4n) is 2.33. The summed E-state index contributed by atoms with van der Waals surface area (Å²) in [6, 6.07) is 0. The predicted molar refractivity (Wildman–Crippen MR) is 91.1 cm³/mol. The number of nitrogens with zero attached hydrogens (tertiary/aromatic N) is 3. The first kappa shape index (κ1) is 14.2. The minimum absolute atomic E-state index is 0.616. The van der Waals surface area contributed by atoms with Crippen LogP contribution in [0.2, 0.25) is 0 Å². The minimum atomic E-state index is 0.616. The molecule has 3 rings (SSSR count). The largest absolute Gasteiger partial charge is 0.382 e. The van der Waals surface area contributed by atoms with Crippen LogP contribution in [0, 0.1) is 6.92 Å². The Kier molecular flexibility index (Phi) is 4.18. The Morgan fingerprint density at radius 3 is 3.05 bits per heavy atom. The third-order valence-corrected chi connectivity index (χ3v) is 6.69. The third-order valence-electron chi connectivity index (χ3n) is 3.41. The van der Waals surface area contributed by atoms with E-state index in [-0.39, 0.29) is 0 Å². The molecule has 0 spiro atoms. The standard InChI is InChI=1S/C13H18N4S3/c1-3-9-6-17(4-5-18-9)13-10(11(14)16-20-13)12-15-8(2)7-19-12/h7,9H,3-6H2,1-2H3,(H2,14,16). The molecule has 0 radical (unpaired) electrons. The van der Waals surface area contributed by atoms with E-state index in [4.69, 9.17) is 5.73 Å². The highest BCUT2D eigenvalue weighted by atomic mass is 32.2. The molecule has 1 aliphatic heterocycles. The summed E-state index contributed by atoms with van der Waals surface area (Å²) in [7, 11) is 0. The number of rotatable bonds is 3. The van der Waals surface area contributed by atoms with Crippen LogP contribution in [-0.4, -0.2) is 33.4 Å². The molecule has 1 fully saturated rings. The number of nitrogens with two attached hydrogens (primary N) is 1. The average Bonchev–Trinajstić information content (AvgIpc) is 3.04. The van der Waals surface area contributed by atoms with Crippen molar-refractivity contribution < 1.29 is 0 Å². The van der Waals surface area contributed by atoms with Gasteiger partial charge in [-0.2, -0.15) is 16.1 Å². The van der Waals surface area contributed by atoms with Crippen molar-refractivity contribution in [3.05, 3.63) is 11.1 Å². The fraction of sp³-hybridized carbons (Fsp3) is 0.538. The number of hydrogen-bond acceptors (Lipinski definition) is 7. The van der Waals surface area contributed by atoms with Crippen molar-refractivity contribution in [3.8, 4) is 10.6 Å². The monoisotopic (exact) mass is 326 g/mol. The van der Waals surface area contributed by atoms with Crippen LogP contribution in [0.25, 0.3) is 10.6 Å². The minimum Gasteiger partial charge on any atom is -0.382 e. The van der Waals surface area contributed by atoms with E-state index >= 15 is 0 Å². The topological polar surface area (TPSA) is 55.0 Å². The van der Waals surface area contributed by atoms with Crippen LogP contribution in [0.5, 0.6) is 0 Å². The van der Waals surface area contributed by atoms with E-state index in [1.165, 1.54) is 28.7 Å². The second kappa shape index (κ2) is 5.91. The number of nitrogen functional groups attached to an aromatic ring is 1. The second-order valence-electron chi connectivity index (χ2n) is 4.89. The van der Waals surface area contributed by atoms with E-state index in [2.05, 4.69) is 38.3 Å². The summed E-state index contributed by atoms with van der Waals surface area (Å²) in [5.41, 5.74) is 8.17. The van der Waals surface area contributed by atoms with Gasteiger partial charge in [0.15, 0.2) is 0 Å². The molecule has 0 bridgehead atoms. The maximum Gasteiger partial charge on any atom is 0.149 e. The van der Waals surface area contributed by atoms with E-state index in [1.807, 2.05) is 6.92 Å². The number of hydrogen-bond donors (Lipinski definition) is 1. The van der Waals surface area contributed by atoms with Crippen LogP contribution in [0.15, 0.2) is 5.38 Å². The van der Waals surface area contributed by atoms with Gasteiger partial charge in [0.25, 0.3) is 0 Å². The summed E-state index contributed by atoms with van der Waals surface area (Å²) in [5.74, 6) is 1.79. The van der Waals surface area contributed by atoms with E-state index in [1.54, 1.807) is 11.3 Å². The zero-order chi connectivity index (χ0) is 14.1. The van der Waals surface area contributed by atoms with E-state index in [9.17, 15) is 0 Å². The van der Waals surface area contributed by atoms with Crippen molar-refractivity contribution in [2.24, 2.45) is 0 Å². The van der Waals surface area contributed by atoms with Gasteiger partial charge in [0, 0.05) is 35.2 Å². The molecule has 2 aromatic heterocycles. The summed E-state index contributed by atoms with van der Waals surface area (Å²) in [4.78, 5) is 7.02. The van der Waals surface area contributed by atoms with Crippen LogP contribution < -0.4 is 10.6 Å². The Bertz CT molecular complexity index is 592. The van der Waals surface area contributed by atoms with Crippen LogP contribution >= 0.6 is 34.6 Å². The quantitative estimate of drug-likeness (QED) is 0.935. The molecule has 0 amide bonds. The smallest absolute Gasteiger partial charge is 0.149 e. The molecule has 20 heavy (non-hydrogen) atoms. The molecule has 2 N–H and O–H groups in total. The Morgan fingerprint density at radius 2 is 2.35 bits per heavy atom. The van der Waals surface area contributed by atoms with Crippen molar-refractivity contribution in [1.29, 1.82) is 0 Å². The fourth-order valence-corrected chi connectivity index (χ4v) is 5.28. The first-order valence-electron chi connectivity index (χ1n) is 6.73. The maximum atomic E-state index is 6.09. The van der Waals surface area contributed by atoms with Crippen LogP contribution in [0.3, 0.4) is 0 Å². The lowest BCUT2D eigenvalue weighted by atomic mass is 10.2. The Hall–Kier alpha value is -0.790. The van der Waals surface area contributed by atoms with Gasteiger partial charge in [-0.3, -0.25) is 0 Å². The Morgan fingerprint density at radius 1 is 1.50 bits per heavy atom. The van der Waals surface area contributed by atoms with E-state index < -0.39 is 0 Å². The van der Waals surface area contributed by atoms with E-state index in [0.717, 1.165) is 29.4 Å². The van der Waals surface area contributed by atoms with Crippen molar-refractivity contribution in [1.82, 2.24) is 9.36 Å². The third kappa shape index (κ3) is 2.66. The van der Waals surface area contributed by atoms with Gasteiger partial charge in [-0.25, -0.2) is 4.98 Å². The normalized spacial score (nSPS) is 19.5. The molecule has 7 heteroatoms. The van der Waals surface area contributed by atoms with Crippen LogP contribution in [-0.2, 0) is 0 Å². The molecule has 1 unspecified atom stereocenters. The number of thiazole rings is 1.